The third kappa shape index (κ3) is 4.51. The van der Waals surface area contributed by atoms with Gasteiger partial charge in [0.25, 0.3) is 0 Å². The highest BCUT2D eigenvalue weighted by molar-refractivity contribution is 5.29. The van der Waals surface area contributed by atoms with Crippen molar-refractivity contribution in [2.24, 2.45) is 0 Å². The van der Waals surface area contributed by atoms with E-state index in [9.17, 15) is 0 Å². The average molecular weight is 263 g/mol. The van der Waals surface area contributed by atoms with E-state index in [0.717, 1.165) is 44.8 Å². The van der Waals surface area contributed by atoms with Crippen LogP contribution in [0.5, 0.6) is 5.75 Å². The maximum absolute atomic E-state index is 5.97. The van der Waals surface area contributed by atoms with E-state index >= 15 is 0 Å². The second-order valence-corrected chi connectivity index (χ2v) is 5.17. The van der Waals surface area contributed by atoms with Crippen molar-refractivity contribution >= 4 is 0 Å². The summed E-state index contributed by atoms with van der Waals surface area (Å²) >= 11 is 0. The number of benzene rings is 1. The summed E-state index contributed by atoms with van der Waals surface area (Å²) in [6, 6.07) is 8.87. The van der Waals surface area contributed by atoms with E-state index in [2.05, 4.69) is 43.4 Å². The smallest absolute Gasteiger partial charge is 0.119 e. The Labute approximate surface area is 116 Å². The van der Waals surface area contributed by atoms with E-state index in [1.165, 1.54) is 5.56 Å². The minimum Gasteiger partial charge on any atom is -0.490 e. The molecule has 1 atom stereocenters. The summed E-state index contributed by atoms with van der Waals surface area (Å²) in [4.78, 5) is 0. The Hall–Kier alpha value is -1.06. The van der Waals surface area contributed by atoms with Crippen molar-refractivity contribution in [3.8, 4) is 5.75 Å². The highest BCUT2D eigenvalue weighted by atomic mass is 16.5. The predicted octanol–water partition coefficient (Wildman–Crippen LogP) is 3.31. The molecule has 0 aliphatic carbocycles. The topological polar surface area (TPSA) is 30.5 Å². The van der Waals surface area contributed by atoms with E-state index in [1.807, 2.05) is 0 Å². The molecule has 1 aliphatic heterocycles. The van der Waals surface area contributed by atoms with Crippen LogP contribution in [0.3, 0.4) is 0 Å². The van der Waals surface area contributed by atoms with Crippen molar-refractivity contribution in [1.29, 1.82) is 0 Å². The van der Waals surface area contributed by atoms with Crippen molar-refractivity contribution in [3.63, 3.8) is 0 Å². The fourth-order valence-electron chi connectivity index (χ4n) is 2.30. The van der Waals surface area contributed by atoms with Crippen LogP contribution in [0, 0.1) is 0 Å². The van der Waals surface area contributed by atoms with Gasteiger partial charge in [-0.05, 0) is 37.6 Å². The lowest BCUT2D eigenvalue weighted by Crippen LogP contribution is -2.25. The Morgan fingerprint density at radius 3 is 2.58 bits per heavy atom. The van der Waals surface area contributed by atoms with Gasteiger partial charge in [0.15, 0.2) is 0 Å². The standard InChI is InChI=1S/C16H25NO2/c1-3-10-17-13(2)14-4-6-15(7-5-14)19-16-8-11-18-12-9-16/h4-7,13,16-17H,3,8-12H2,1-2H3. The van der Waals surface area contributed by atoms with E-state index in [-0.39, 0.29) is 0 Å². The molecule has 106 valence electrons. The molecular formula is C16H25NO2. The third-order valence-corrected chi connectivity index (χ3v) is 3.55. The van der Waals surface area contributed by atoms with Gasteiger partial charge in [0.1, 0.15) is 11.9 Å². The quantitative estimate of drug-likeness (QED) is 0.854. The second-order valence-electron chi connectivity index (χ2n) is 5.17. The van der Waals surface area contributed by atoms with Gasteiger partial charge >= 0.3 is 0 Å². The average Bonchev–Trinajstić information content (AvgIpc) is 2.46. The van der Waals surface area contributed by atoms with Gasteiger partial charge in [-0.1, -0.05) is 19.1 Å². The molecule has 1 N–H and O–H groups in total. The second kappa shape index (κ2) is 7.51. The molecule has 1 aromatic carbocycles. The Balaban J connectivity index is 1.86. The molecule has 0 spiro atoms. The van der Waals surface area contributed by atoms with Gasteiger partial charge in [-0.15, -0.1) is 0 Å². The first-order valence-electron chi connectivity index (χ1n) is 7.37. The molecule has 0 radical (unpaired) electrons. The number of hydrogen-bond acceptors (Lipinski definition) is 3. The largest absolute Gasteiger partial charge is 0.490 e. The van der Waals surface area contributed by atoms with Crippen molar-refractivity contribution < 1.29 is 9.47 Å². The van der Waals surface area contributed by atoms with Crippen LogP contribution in [-0.4, -0.2) is 25.9 Å². The summed E-state index contributed by atoms with van der Waals surface area (Å²) in [6.07, 6.45) is 3.47. The first kappa shape index (κ1) is 14.4. The zero-order chi connectivity index (χ0) is 13.5. The summed E-state index contributed by atoms with van der Waals surface area (Å²) in [5.74, 6) is 0.971. The fraction of sp³-hybridized carbons (Fsp3) is 0.625. The molecule has 1 heterocycles. The Kier molecular flexibility index (Phi) is 5.67. The number of ether oxygens (including phenoxy) is 2. The molecule has 1 aromatic rings. The lowest BCUT2D eigenvalue weighted by Gasteiger charge is -2.23. The molecule has 19 heavy (non-hydrogen) atoms. The Morgan fingerprint density at radius 1 is 1.26 bits per heavy atom. The fourth-order valence-corrected chi connectivity index (χ4v) is 2.30. The zero-order valence-electron chi connectivity index (χ0n) is 12.0. The van der Waals surface area contributed by atoms with Crippen LogP contribution < -0.4 is 10.1 Å². The molecule has 1 fully saturated rings. The molecule has 0 aromatic heterocycles. The van der Waals surface area contributed by atoms with Crippen LogP contribution in [0.4, 0.5) is 0 Å². The van der Waals surface area contributed by atoms with Crippen molar-refractivity contribution in [2.75, 3.05) is 19.8 Å². The first-order chi connectivity index (χ1) is 9.29. The number of nitrogens with one attached hydrogen (secondary N) is 1. The molecule has 1 saturated heterocycles. The lowest BCUT2D eigenvalue weighted by atomic mass is 10.1. The van der Waals surface area contributed by atoms with Crippen molar-refractivity contribution in [2.45, 2.75) is 45.3 Å². The van der Waals surface area contributed by atoms with Crippen molar-refractivity contribution in [3.05, 3.63) is 29.8 Å². The summed E-state index contributed by atoms with van der Waals surface area (Å²) in [5, 5.41) is 3.49. The minimum atomic E-state index is 0.315. The molecule has 2 rings (SSSR count). The molecule has 0 amide bonds. The summed E-state index contributed by atoms with van der Waals surface area (Å²) in [5.41, 5.74) is 1.31. The van der Waals surface area contributed by atoms with Gasteiger partial charge in [0.05, 0.1) is 13.2 Å². The monoisotopic (exact) mass is 263 g/mol. The molecule has 3 heteroatoms. The Morgan fingerprint density at radius 2 is 1.95 bits per heavy atom. The van der Waals surface area contributed by atoms with Crippen LogP contribution in [0.2, 0.25) is 0 Å². The number of rotatable bonds is 6. The summed E-state index contributed by atoms with van der Waals surface area (Å²) in [7, 11) is 0. The molecule has 1 aliphatic rings. The zero-order valence-corrected chi connectivity index (χ0v) is 12.0. The van der Waals surface area contributed by atoms with Crippen LogP contribution in [0.15, 0.2) is 24.3 Å². The predicted molar refractivity (Wildman–Crippen MR) is 77.6 cm³/mol. The highest BCUT2D eigenvalue weighted by Gasteiger charge is 2.15. The summed E-state index contributed by atoms with van der Waals surface area (Å²) < 4.78 is 11.3. The van der Waals surface area contributed by atoms with Gasteiger partial charge in [0.2, 0.25) is 0 Å². The maximum atomic E-state index is 5.97. The van der Waals surface area contributed by atoms with Crippen molar-refractivity contribution in [1.82, 2.24) is 5.32 Å². The van der Waals surface area contributed by atoms with Crippen LogP contribution in [0.1, 0.15) is 44.7 Å². The lowest BCUT2D eigenvalue weighted by molar-refractivity contribution is 0.0255. The van der Waals surface area contributed by atoms with Gasteiger partial charge in [0, 0.05) is 18.9 Å². The number of hydrogen-bond donors (Lipinski definition) is 1. The summed E-state index contributed by atoms with van der Waals surface area (Å²) in [6.45, 7) is 7.08. The minimum absolute atomic E-state index is 0.315. The van der Waals surface area contributed by atoms with Gasteiger partial charge in [-0.25, -0.2) is 0 Å². The van der Waals surface area contributed by atoms with Crippen LogP contribution in [-0.2, 0) is 4.74 Å². The molecule has 0 saturated carbocycles. The molecular weight excluding hydrogens is 238 g/mol. The molecule has 0 bridgehead atoms. The normalized spacial score (nSPS) is 18.2. The van der Waals surface area contributed by atoms with Gasteiger partial charge in [-0.2, -0.15) is 0 Å². The Bertz CT molecular complexity index is 358. The van der Waals surface area contributed by atoms with Gasteiger partial charge in [-0.3, -0.25) is 0 Å². The van der Waals surface area contributed by atoms with E-state index < -0.39 is 0 Å². The maximum Gasteiger partial charge on any atom is 0.119 e. The molecule has 1 unspecified atom stereocenters. The first-order valence-corrected chi connectivity index (χ1v) is 7.37. The molecule has 3 nitrogen and oxygen atoms in total. The SMILES string of the molecule is CCCNC(C)c1ccc(OC2CCOCC2)cc1. The van der Waals surface area contributed by atoms with Crippen LogP contribution in [0.25, 0.3) is 0 Å². The van der Waals surface area contributed by atoms with E-state index in [1.54, 1.807) is 0 Å². The van der Waals surface area contributed by atoms with E-state index in [4.69, 9.17) is 9.47 Å². The third-order valence-electron chi connectivity index (χ3n) is 3.55. The highest BCUT2D eigenvalue weighted by Crippen LogP contribution is 2.21. The van der Waals surface area contributed by atoms with Gasteiger partial charge < -0.3 is 14.8 Å². The van der Waals surface area contributed by atoms with E-state index in [0.29, 0.717) is 12.1 Å². The van der Waals surface area contributed by atoms with Crippen LogP contribution >= 0.6 is 0 Å².